The molecule has 2 heteroatoms. The Morgan fingerprint density at radius 3 is 2.67 bits per heavy atom. The molecule has 1 heterocycles. The van der Waals surface area contributed by atoms with Crippen LogP contribution in [0.2, 0.25) is 0 Å². The van der Waals surface area contributed by atoms with E-state index in [4.69, 9.17) is 5.11 Å². The van der Waals surface area contributed by atoms with E-state index >= 15 is 0 Å². The van der Waals surface area contributed by atoms with Crippen LogP contribution in [0.15, 0.2) is 24.3 Å². The van der Waals surface area contributed by atoms with Gasteiger partial charge in [0.25, 0.3) is 0 Å². The van der Waals surface area contributed by atoms with Gasteiger partial charge in [0.2, 0.25) is 0 Å². The molecule has 0 unspecified atom stereocenters. The van der Waals surface area contributed by atoms with E-state index in [9.17, 15) is 0 Å². The zero-order valence-corrected chi connectivity index (χ0v) is 11.1. The number of aryl methyl sites for hydroxylation is 1. The lowest BCUT2D eigenvalue weighted by Gasteiger charge is -2.40. The zero-order chi connectivity index (χ0) is 12.4. The van der Waals surface area contributed by atoms with Crippen LogP contribution < -0.4 is 0 Å². The monoisotopic (exact) mass is 245 g/mol. The van der Waals surface area contributed by atoms with Crippen molar-refractivity contribution < 1.29 is 5.11 Å². The summed E-state index contributed by atoms with van der Waals surface area (Å²) in [5.74, 6) is 0. The van der Waals surface area contributed by atoms with Crippen molar-refractivity contribution in [3.05, 3.63) is 35.4 Å². The third-order valence-electron chi connectivity index (χ3n) is 4.91. The molecule has 0 saturated carbocycles. The molecule has 1 aromatic rings. The van der Waals surface area contributed by atoms with E-state index in [2.05, 4.69) is 29.2 Å². The summed E-state index contributed by atoms with van der Waals surface area (Å²) in [6.07, 6.45) is 6.14. The molecular weight excluding hydrogens is 222 g/mol. The summed E-state index contributed by atoms with van der Waals surface area (Å²) >= 11 is 0. The van der Waals surface area contributed by atoms with Crippen LogP contribution in [0.1, 0.15) is 36.8 Å². The highest BCUT2D eigenvalue weighted by Crippen LogP contribution is 2.45. The average molecular weight is 245 g/mol. The van der Waals surface area contributed by atoms with Crippen LogP contribution in [0, 0.1) is 0 Å². The number of rotatable bonds is 3. The molecule has 0 radical (unpaired) electrons. The molecule has 18 heavy (non-hydrogen) atoms. The summed E-state index contributed by atoms with van der Waals surface area (Å²) in [6.45, 7) is 3.79. The van der Waals surface area contributed by atoms with Gasteiger partial charge < -0.3 is 10.0 Å². The second-order valence-corrected chi connectivity index (χ2v) is 5.86. The Labute approximate surface area is 110 Å². The standard InChI is InChI=1S/C16H23NO/c18-13-3-10-17-11-8-16(9-12-17)7-6-14-4-1-2-5-15(14)16/h1-2,4-5,18H,3,6-13H2. The van der Waals surface area contributed by atoms with Gasteiger partial charge >= 0.3 is 0 Å². The number of likely N-dealkylation sites (tertiary alicyclic amines) is 1. The van der Waals surface area contributed by atoms with Crippen molar-refractivity contribution in [3.8, 4) is 0 Å². The first kappa shape index (κ1) is 12.2. The Morgan fingerprint density at radius 1 is 1.11 bits per heavy atom. The van der Waals surface area contributed by atoms with Crippen LogP contribution in [-0.2, 0) is 11.8 Å². The molecular formula is C16H23NO. The Kier molecular flexibility index (Phi) is 3.40. The van der Waals surface area contributed by atoms with Gasteiger partial charge in [-0.25, -0.2) is 0 Å². The molecule has 2 aliphatic rings. The fourth-order valence-electron chi connectivity index (χ4n) is 3.78. The minimum absolute atomic E-state index is 0.324. The smallest absolute Gasteiger partial charge is 0.0443 e. The zero-order valence-electron chi connectivity index (χ0n) is 11.1. The molecule has 1 fully saturated rings. The maximum Gasteiger partial charge on any atom is 0.0443 e. The Bertz CT molecular complexity index is 407. The fourth-order valence-corrected chi connectivity index (χ4v) is 3.78. The summed E-state index contributed by atoms with van der Waals surface area (Å²) in [6, 6.07) is 9.03. The van der Waals surface area contributed by atoms with E-state index in [0.29, 0.717) is 12.0 Å². The van der Waals surface area contributed by atoms with E-state index in [1.165, 1.54) is 38.8 Å². The van der Waals surface area contributed by atoms with Crippen molar-refractivity contribution >= 4 is 0 Å². The highest BCUT2D eigenvalue weighted by atomic mass is 16.3. The minimum Gasteiger partial charge on any atom is -0.396 e. The molecule has 2 nitrogen and oxygen atoms in total. The maximum atomic E-state index is 8.91. The van der Waals surface area contributed by atoms with Crippen LogP contribution >= 0.6 is 0 Å². The van der Waals surface area contributed by atoms with Crippen molar-refractivity contribution in [2.45, 2.75) is 37.5 Å². The first-order chi connectivity index (χ1) is 8.84. The van der Waals surface area contributed by atoms with Crippen LogP contribution in [0.25, 0.3) is 0 Å². The van der Waals surface area contributed by atoms with E-state index < -0.39 is 0 Å². The number of hydrogen-bond acceptors (Lipinski definition) is 2. The van der Waals surface area contributed by atoms with E-state index in [1.807, 2.05) is 0 Å². The lowest BCUT2D eigenvalue weighted by molar-refractivity contribution is 0.146. The third kappa shape index (κ3) is 2.08. The highest BCUT2D eigenvalue weighted by Gasteiger charge is 2.40. The van der Waals surface area contributed by atoms with Crippen molar-refractivity contribution in [2.75, 3.05) is 26.2 Å². The summed E-state index contributed by atoms with van der Waals surface area (Å²) in [4.78, 5) is 2.52. The normalized spacial score (nSPS) is 22.3. The summed E-state index contributed by atoms with van der Waals surface area (Å²) in [5.41, 5.74) is 3.69. The molecule has 1 saturated heterocycles. The van der Waals surface area contributed by atoms with Crippen molar-refractivity contribution in [1.29, 1.82) is 0 Å². The summed E-state index contributed by atoms with van der Waals surface area (Å²) in [5, 5.41) is 8.91. The fraction of sp³-hybridized carbons (Fsp3) is 0.625. The average Bonchev–Trinajstić information content (AvgIpc) is 2.78. The van der Waals surface area contributed by atoms with Crippen LogP contribution in [0.4, 0.5) is 0 Å². The second kappa shape index (κ2) is 5.02. The number of aliphatic hydroxyl groups is 1. The number of hydrogen-bond donors (Lipinski definition) is 1. The van der Waals surface area contributed by atoms with Gasteiger partial charge in [0.05, 0.1) is 0 Å². The van der Waals surface area contributed by atoms with Crippen molar-refractivity contribution in [1.82, 2.24) is 4.90 Å². The van der Waals surface area contributed by atoms with Gasteiger partial charge in [-0.05, 0) is 61.7 Å². The van der Waals surface area contributed by atoms with E-state index in [1.54, 1.807) is 11.1 Å². The number of fused-ring (bicyclic) bond motifs is 2. The quantitative estimate of drug-likeness (QED) is 0.883. The molecule has 1 N–H and O–H groups in total. The minimum atomic E-state index is 0.324. The van der Waals surface area contributed by atoms with Gasteiger partial charge in [-0.3, -0.25) is 0 Å². The molecule has 1 aliphatic heterocycles. The van der Waals surface area contributed by atoms with Crippen LogP contribution in [-0.4, -0.2) is 36.2 Å². The Hall–Kier alpha value is -0.860. The van der Waals surface area contributed by atoms with Crippen LogP contribution in [0.3, 0.4) is 0 Å². The molecule has 1 aromatic carbocycles. The number of nitrogens with zero attached hydrogens (tertiary/aromatic N) is 1. The largest absolute Gasteiger partial charge is 0.396 e. The van der Waals surface area contributed by atoms with Gasteiger partial charge in [0, 0.05) is 13.2 Å². The maximum absolute atomic E-state index is 8.91. The number of benzene rings is 1. The number of aliphatic hydroxyl groups excluding tert-OH is 1. The lowest BCUT2D eigenvalue weighted by Crippen LogP contribution is -2.42. The molecule has 1 aliphatic carbocycles. The van der Waals surface area contributed by atoms with Crippen molar-refractivity contribution in [2.24, 2.45) is 0 Å². The highest BCUT2D eigenvalue weighted by molar-refractivity contribution is 5.39. The first-order valence-electron chi connectivity index (χ1n) is 7.26. The van der Waals surface area contributed by atoms with E-state index in [-0.39, 0.29) is 0 Å². The topological polar surface area (TPSA) is 23.5 Å². The lowest BCUT2D eigenvalue weighted by atomic mass is 9.74. The predicted molar refractivity (Wildman–Crippen MR) is 73.8 cm³/mol. The van der Waals surface area contributed by atoms with Crippen molar-refractivity contribution in [3.63, 3.8) is 0 Å². The summed E-state index contributed by atoms with van der Waals surface area (Å²) in [7, 11) is 0. The SMILES string of the molecule is OCCCN1CCC2(CCc3ccccc32)CC1. The first-order valence-corrected chi connectivity index (χ1v) is 7.26. The molecule has 3 rings (SSSR count). The molecule has 0 amide bonds. The molecule has 0 aromatic heterocycles. The number of piperidine rings is 1. The molecule has 0 atom stereocenters. The van der Waals surface area contributed by atoms with E-state index in [0.717, 1.165) is 13.0 Å². The van der Waals surface area contributed by atoms with Gasteiger partial charge in [0.15, 0.2) is 0 Å². The second-order valence-electron chi connectivity index (χ2n) is 5.86. The van der Waals surface area contributed by atoms with Gasteiger partial charge in [-0.15, -0.1) is 0 Å². The predicted octanol–water partition coefficient (Wildman–Crippen LogP) is 2.35. The van der Waals surface area contributed by atoms with Crippen LogP contribution in [0.5, 0.6) is 0 Å². The van der Waals surface area contributed by atoms with Gasteiger partial charge in [-0.1, -0.05) is 24.3 Å². The summed E-state index contributed by atoms with van der Waals surface area (Å²) < 4.78 is 0. The van der Waals surface area contributed by atoms with Gasteiger partial charge in [-0.2, -0.15) is 0 Å². The molecule has 0 bridgehead atoms. The van der Waals surface area contributed by atoms with Gasteiger partial charge in [0.1, 0.15) is 0 Å². The molecule has 98 valence electrons. The Balaban J connectivity index is 1.69. The Morgan fingerprint density at radius 2 is 1.89 bits per heavy atom. The third-order valence-corrected chi connectivity index (χ3v) is 4.91. The molecule has 1 spiro atoms.